The number of benzene rings is 5. The number of carboxylic acid groups (broad SMARTS) is 1. The predicted octanol–water partition coefficient (Wildman–Crippen LogP) is 6.86. The maximum atomic E-state index is 16.1. The number of carbonyl (C=O) groups is 1. The number of nitrogens with zero attached hydrogens (tertiary/aromatic N) is 5. The van der Waals surface area contributed by atoms with Gasteiger partial charge < -0.3 is 9.84 Å². The maximum Gasteiger partial charge on any atom is 0.329 e. The molecule has 10 heteroatoms. The van der Waals surface area contributed by atoms with Crippen LogP contribution in [0.4, 0.5) is 4.39 Å². The molecule has 7 aromatic rings. The fraction of sp³-hybridized carbons (Fsp3) is 0.150. The summed E-state index contributed by atoms with van der Waals surface area (Å²) < 4.78 is 26.9. The van der Waals surface area contributed by atoms with Gasteiger partial charge in [0.2, 0.25) is 0 Å². The lowest BCUT2D eigenvalue weighted by Gasteiger charge is -2.38. The highest BCUT2D eigenvalue weighted by Gasteiger charge is 2.40. The van der Waals surface area contributed by atoms with Crippen LogP contribution in [0.2, 0.25) is 0 Å². The van der Waals surface area contributed by atoms with Crippen molar-refractivity contribution < 1.29 is 19.0 Å². The maximum absolute atomic E-state index is 16.1. The van der Waals surface area contributed by atoms with Crippen molar-refractivity contribution in [3.63, 3.8) is 0 Å². The van der Waals surface area contributed by atoms with E-state index in [9.17, 15) is 14.7 Å². The third kappa shape index (κ3) is 5.44. The average Bonchev–Trinajstić information content (AvgIpc) is 3.68. The number of hydrogen-bond acceptors (Lipinski definition) is 5. The van der Waals surface area contributed by atoms with Crippen LogP contribution in [0.1, 0.15) is 33.6 Å². The third-order valence-electron chi connectivity index (χ3n) is 9.11. The molecule has 2 heterocycles. The van der Waals surface area contributed by atoms with Crippen LogP contribution >= 0.6 is 0 Å². The number of aromatic nitrogens is 5. The standard InChI is InChI=1S/C40H34FN5O4/c1-26-19-32(37-34(20-26)45(23-36(47)48)39(49)44(37)3)28-21-27(2)38(33(41)22-28)50-24-35-43-42-25-46(35)40(29-13-7-4-8-14-29,30-15-9-5-10-16-30)31-17-11-6-12-18-31/h4-22,25H,23-24H2,1-3H3,(H,47,48). The highest BCUT2D eigenvalue weighted by atomic mass is 19.1. The van der Waals surface area contributed by atoms with E-state index in [1.54, 1.807) is 32.4 Å². The van der Waals surface area contributed by atoms with Crippen molar-refractivity contribution in [2.45, 2.75) is 32.5 Å². The van der Waals surface area contributed by atoms with Crippen molar-refractivity contribution in [1.82, 2.24) is 23.9 Å². The summed E-state index contributed by atoms with van der Waals surface area (Å²) in [7, 11) is 1.58. The molecule has 250 valence electrons. The van der Waals surface area contributed by atoms with E-state index in [-0.39, 0.29) is 12.4 Å². The van der Waals surface area contributed by atoms with Gasteiger partial charge in [-0.05, 0) is 71.5 Å². The van der Waals surface area contributed by atoms with Gasteiger partial charge in [-0.1, -0.05) is 91.0 Å². The van der Waals surface area contributed by atoms with Gasteiger partial charge in [-0.15, -0.1) is 10.2 Å². The number of halogens is 1. The zero-order chi connectivity index (χ0) is 35.0. The molecular weight excluding hydrogens is 633 g/mol. The molecule has 0 saturated heterocycles. The van der Waals surface area contributed by atoms with Crippen molar-refractivity contribution in [3.05, 3.63) is 172 Å². The first kappa shape index (κ1) is 32.3. The van der Waals surface area contributed by atoms with E-state index in [0.717, 1.165) is 22.3 Å². The number of imidazole rings is 1. The second-order valence-corrected chi connectivity index (χ2v) is 12.3. The molecule has 5 aromatic carbocycles. The second-order valence-electron chi connectivity index (χ2n) is 12.3. The van der Waals surface area contributed by atoms with E-state index in [4.69, 9.17) is 4.74 Å². The number of aliphatic carboxylic acids is 1. The number of hydrogen-bond donors (Lipinski definition) is 1. The van der Waals surface area contributed by atoms with Crippen molar-refractivity contribution >= 4 is 17.0 Å². The Kier molecular flexibility index (Phi) is 8.37. The topological polar surface area (TPSA) is 104 Å². The zero-order valence-corrected chi connectivity index (χ0v) is 27.7. The fourth-order valence-electron chi connectivity index (χ4n) is 7.00. The summed E-state index contributed by atoms with van der Waals surface area (Å²) >= 11 is 0. The molecule has 0 unspecified atom stereocenters. The quantitative estimate of drug-likeness (QED) is 0.160. The monoisotopic (exact) mass is 667 g/mol. The molecule has 0 atom stereocenters. The smallest absolute Gasteiger partial charge is 0.329 e. The lowest BCUT2D eigenvalue weighted by atomic mass is 9.76. The second kappa shape index (κ2) is 13.0. The van der Waals surface area contributed by atoms with Gasteiger partial charge in [0.25, 0.3) is 0 Å². The Morgan fingerprint density at radius 1 is 0.860 bits per heavy atom. The van der Waals surface area contributed by atoms with E-state index in [0.29, 0.717) is 33.5 Å². The van der Waals surface area contributed by atoms with Crippen LogP contribution in [0.15, 0.2) is 126 Å². The molecule has 50 heavy (non-hydrogen) atoms. The van der Waals surface area contributed by atoms with Crippen LogP contribution in [0.25, 0.3) is 22.2 Å². The Balaban J connectivity index is 1.30. The normalized spacial score (nSPS) is 11.6. The summed E-state index contributed by atoms with van der Waals surface area (Å²) in [6.07, 6.45) is 1.68. The molecule has 0 radical (unpaired) electrons. The lowest BCUT2D eigenvalue weighted by molar-refractivity contribution is -0.137. The van der Waals surface area contributed by atoms with Crippen LogP contribution in [0, 0.1) is 19.7 Å². The minimum absolute atomic E-state index is 0.0641. The molecule has 0 aliphatic heterocycles. The van der Waals surface area contributed by atoms with Gasteiger partial charge in [-0.25, -0.2) is 9.18 Å². The Labute approximate surface area is 287 Å². The van der Waals surface area contributed by atoms with E-state index in [1.165, 1.54) is 15.2 Å². The average molecular weight is 668 g/mol. The number of ether oxygens (including phenoxy) is 1. The number of aryl methyl sites for hydroxylation is 3. The Bertz CT molecular complexity index is 2280. The molecule has 0 bridgehead atoms. The van der Waals surface area contributed by atoms with Gasteiger partial charge in [-0.2, -0.15) is 0 Å². The number of rotatable bonds is 10. The highest BCUT2D eigenvalue weighted by molar-refractivity contribution is 5.94. The molecule has 7 rings (SSSR count). The summed E-state index contributed by atoms with van der Waals surface area (Å²) in [4.78, 5) is 24.6. The molecule has 0 amide bonds. The molecule has 0 aliphatic rings. The highest BCUT2D eigenvalue weighted by Crippen LogP contribution is 2.42. The van der Waals surface area contributed by atoms with Crippen molar-refractivity contribution in [3.8, 4) is 16.9 Å². The first-order valence-electron chi connectivity index (χ1n) is 16.1. The first-order chi connectivity index (χ1) is 24.2. The molecule has 0 spiro atoms. The number of fused-ring (bicyclic) bond motifs is 1. The van der Waals surface area contributed by atoms with Crippen molar-refractivity contribution in [2.24, 2.45) is 7.05 Å². The van der Waals surface area contributed by atoms with E-state index < -0.39 is 29.6 Å². The fourth-order valence-corrected chi connectivity index (χ4v) is 7.00. The summed E-state index contributed by atoms with van der Waals surface area (Å²) in [6.45, 7) is 3.05. The Hall–Kier alpha value is -6.29. The molecule has 0 aliphatic carbocycles. The van der Waals surface area contributed by atoms with Crippen molar-refractivity contribution in [1.29, 1.82) is 0 Å². The van der Waals surface area contributed by atoms with Gasteiger partial charge in [0.15, 0.2) is 17.4 Å². The summed E-state index contributed by atoms with van der Waals surface area (Å²) in [5, 5.41) is 18.2. The van der Waals surface area contributed by atoms with Gasteiger partial charge in [0.05, 0.1) is 11.0 Å². The van der Waals surface area contributed by atoms with Gasteiger partial charge in [0, 0.05) is 12.6 Å². The van der Waals surface area contributed by atoms with Gasteiger partial charge >= 0.3 is 11.7 Å². The van der Waals surface area contributed by atoms with E-state index in [1.807, 2.05) is 72.2 Å². The lowest BCUT2D eigenvalue weighted by Crippen LogP contribution is -2.38. The minimum Gasteiger partial charge on any atom is -0.482 e. The van der Waals surface area contributed by atoms with Crippen LogP contribution in [-0.4, -0.2) is 35.0 Å². The largest absolute Gasteiger partial charge is 0.482 e. The third-order valence-corrected chi connectivity index (χ3v) is 9.11. The number of carboxylic acids is 1. The van der Waals surface area contributed by atoms with E-state index >= 15 is 4.39 Å². The molecule has 1 N–H and O–H groups in total. The molecular formula is C40H34FN5O4. The van der Waals surface area contributed by atoms with Crippen LogP contribution in [0.3, 0.4) is 0 Å². The Morgan fingerprint density at radius 3 is 1.98 bits per heavy atom. The minimum atomic E-state index is -1.13. The van der Waals surface area contributed by atoms with Gasteiger partial charge in [-0.3, -0.25) is 18.5 Å². The van der Waals surface area contributed by atoms with Crippen LogP contribution in [0.5, 0.6) is 5.75 Å². The SMILES string of the molecule is Cc1cc(-c2cc(C)c(OCc3nncn3C(c3ccccc3)(c3ccccc3)c3ccccc3)c(F)c2)c2c(c1)n(CC(=O)O)c(=O)n2C. The molecule has 9 nitrogen and oxygen atoms in total. The summed E-state index contributed by atoms with van der Waals surface area (Å²) in [6, 6.07) is 37.1. The van der Waals surface area contributed by atoms with E-state index in [2.05, 4.69) is 46.6 Å². The first-order valence-corrected chi connectivity index (χ1v) is 16.1. The zero-order valence-electron chi connectivity index (χ0n) is 27.7. The van der Waals surface area contributed by atoms with Crippen LogP contribution < -0.4 is 10.4 Å². The van der Waals surface area contributed by atoms with Gasteiger partial charge in [0.1, 0.15) is 25.0 Å². The predicted molar refractivity (Wildman–Crippen MR) is 189 cm³/mol. The van der Waals surface area contributed by atoms with Crippen molar-refractivity contribution in [2.75, 3.05) is 0 Å². The summed E-state index contributed by atoms with van der Waals surface area (Å²) in [5.41, 5.74) is 5.08. The summed E-state index contributed by atoms with van der Waals surface area (Å²) in [5.74, 6) is -1.17. The molecule has 0 saturated carbocycles. The molecule has 0 fully saturated rings. The Morgan fingerprint density at radius 2 is 1.44 bits per heavy atom. The van der Waals surface area contributed by atoms with Crippen LogP contribution in [-0.2, 0) is 30.5 Å². The molecule has 2 aromatic heterocycles.